The molecule has 3 rings (SSSR count). The first-order valence-corrected chi connectivity index (χ1v) is 9.77. The van der Waals surface area contributed by atoms with Gasteiger partial charge in [-0.2, -0.15) is 0 Å². The van der Waals surface area contributed by atoms with Crippen LogP contribution in [-0.2, 0) is 4.79 Å². The van der Waals surface area contributed by atoms with E-state index in [4.69, 9.17) is 0 Å². The third kappa shape index (κ3) is 4.19. The van der Waals surface area contributed by atoms with Gasteiger partial charge >= 0.3 is 6.03 Å². The van der Waals surface area contributed by atoms with Gasteiger partial charge in [0.05, 0.1) is 11.3 Å². The Bertz CT molecular complexity index is 932. The fraction of sp³-hybridized carbons (Fsp3) is 0.391. The summed E-state index contributed by atoms with van der Waals surface area (Å²) in [6, 6.07) is 9.11. The summed E-state index contributed by atoms with van der Waals surface area (Å²) in [5, 5.41) is 2.90. The van der Waals surface area contributed by atoms with E-state index >= 15 is 0 Å². The van der Waals surface area contributed by atoms with Gasteiger partial charge in [-0.15, -0.1) is 0 Å². The number of nitrogens with one attached hydrogen (secondary N) is 2. The zero-order valence-corrected chi connectivity index (χ0v) is 17.3. The molecule has 0 unspecified atom stereocenters. The van der Waals surface area contributed by atoms with Gasteiger partial charge in [-0.05, 0) is 55.9 Å². The highest BCUT2D eigenvalue weighted by Crippen LogP contribution is 2.37. The number of hydrogen-bond acceptors (Lipinski definition) is 2. The number of carbonyl (C=O) groups is 2. The number of rotatable bonds is 4. The van der Waals surface area contributed by atoms with Crippen LogP contribution in [0.4, 0.5) is 10.5 Å². The largest absolute Gasteiger partial charge is 0.359 e. The number of aryl methyl sites for hydroxylation is 2. The molecule has 5 nitrogen and oxygen atoms in total. The van der Waals surface area contributed by atoms with Crippen molar-refractivity contribution in [2.24, 2.45) is 5.41 Å². The quantitative estimate of drug-likeness (QED) is 0.576. The summed E-state index contributed by atoms with van der Waals surface area (Å²) in [4.78, 5) is 30.4. The van der Waals surface area contributed by atoms with E-state index in [0.717, 1.165) is 35.4 Å². The van der Waals surface area contributed by atoms with Crippen LogP contribution in [0, 0.1) is 19.3 Å². The summed E-state index contributed by atoms with van der Waals surface area (Å²) >= 11 is 0. The lowest BCUT2D eigenvalue weighted by Gasteiger charge is -2.19. The molecule has 3 amide bonds. The van der Waals surface area contributed by atoms with E-state index in [1.165, 1.54) is 4.90 Å². The number of aromatic amines is 1. The maximum atomic E-state index is 13.1. The molecule has 28 heavy (non-hydrogen) atoms. The van der Waals surface area contributed by atoms with E-state index in [1.54, 1.807) is 0 Å². The van der Waals surface area contributed by atoms with Crippen LogP contribution in [-0.4, -0.2) is 23.5 Å². The Labute approximate surface area is 166 Å². The van der Waals surface area contributed by atoms with Crippen molar-refractivity contribution < 1.29 is 9.59 Å². The number of imide groups is 1. The van der Waals surface area contributed by atoms with Crippen molar-refractivity contribution in [2.75, 3.05) is 11.4 Å². The average molecular weight is 380 g/mol. The molecule has 1 aliphatic heterocycles. The van der Waals surface area contributed by atoms with Crippen molar-refractivity contribution in [1.29, 1.82) is 0 Å². The Kier molecular flexibility index (Phi) is 5.45. The first-order valence-electron chi connectivity index (χ1n) is 9.77. The molecular weight excluding hydrogens is 350 g/mol. The average Bonchev–Trinajstić information content (AvgIpc) is 3.07. The molecule has 0 atom stereocenters. The van der Waals surface area contributed by atoms with Gasteiger partial charge in [0.1, 0.15) is 0 Å². The number of amides is 3. The minimum atomic E-state index is -0.367. The maximum absolute atomic E-state index is 13.1. The minimum absolute atomic E-state index is 0.225. The lowest BCUT2D eigenvalue weighted by atomic mass is 9.91. The predicted molar refractivity (Wildman–Crippen MR) is 114 cm³/mol. The van der Waals surface area contributed by atoms with Crippen LogP contribution in [0.1, 0.15) is 56.1 Å². The summed E-state index contributed by atoms with van der Waals surface area (Å²) in [6.45, 7) is 11.1. The molecule has 0 bridgehead atoms. The molecule has 2 N–H and O–H groups in total. The molecule has 0 aliphatic carbocycles. The van der Waals surface area contributed by atoms with E-state index in [-0.39, 0.29) is 17.4 Å². The van der Waals surface area contributed by atoms with Crippen LogP contribution in [0.5, 0.6) is 0 Å². The first kappa shape index (κ1) is 19.9. The number of anilines is 1. The minimum Gasteiger partial charge on any atom is -0.359 e. The Balaban J connectivity index is 1.83. The number of hydrogen-bond donors (Lipinski definition) is 2. The van der Waals surface area contributed by atoms with Gasteiger partial charge in [-0.1, -0.05) is 39.0 Å². The number of aromatic nitrogens is 1. The van der Waals surface area contributed by atoms with E-state index in [1.807, 2.05) is 50.3 Å². The van der Waals surface area contributed by atoms with Gasteiger partial charge in [0, 0.05) is 23.5 Å². The number of benzene rings is 1. The second-order valence-electron chi connectivity index (χ2n) is 8.66. The lowest BCUT2D eigenvalue weighted by Crippen LogP contribution is -2.42. The van der Waals surface area contributed by atoms with Crippen molar-refractivity contribution in [2.45, 2.75) is 47.5 Å². The number of nitrogens with zero attached hydrogens (tertiary/aromatic N) is 1. The van der Waals surface area contributed by atoms with Crippen LogP contribution < -0.4 is 10.2 Å². The highest BCUT2D eigenvalue weighted by molar-refractivity contribution is 6.41. The monoisotopic (exact) mass is 379 g/mol. The van der Waals surface area contributed by atoms with Crippen LogP contribution in [0.25, 0.3) is 11.6 Å². The molecule has 0 radical (unpaired) electrons. The van der Waals surface area contributed by atoms with E-state index < -0.39 is 0 Å². The van der Waals surface area contributed by atoms with Gasteiger partial charge in [-0.25, -0.2) is 9.69 Å². The molecule has 1 aliphatic rings. The third-order valence-electron chi connectivity index (χ3n) is 4.93. The Hall–Kier alpha value is -2.82. The molecule has 148 valence electrons. The van der Waals surface area contributed by atoms with Crippen molar-refractivity contribution in [3.8, 4) is 0 Å². The molecule has 0 saturated heterocycles. The normalized spacial score (nSPS) is 15.2. The van der Waals surface area contributed by atoms with Crippen molar-refractivity contribution in [3.63, 3.8) is 0 Å². The van der Waals surface area contributed by atoms with E-state index in [0.29, 0.717) is 17.8 Å². The topological polar surface area (TPSA) is 65.2 Å². The number of fused-ring (bicyclic) bond motifs is 1. The first-order chi connectivity index (χ1) is 13.2. The molecule has 0 spiro atoms. The fourth-order valence-electron chi connectivity index (χ4n) is 3.52. The summed E-state index contributed by atoms with van der Waals surface area (Å²) < 4.78 is 0. The number of carbonyl (C=O) groups excluding carboxylic acids is 2. The number of H-pyrrole nitrogens is 1. The van der Waals surface area contributed by atoms with Crippen LogP contribution >= 0.6 is 0 Å². The zero-order valence-electron chi connectivity index (χ0n) is 17.3. The van der Waals surface area contributed by atoms with E-state index in [2.05, 4.69) is 31.1 Å². The maximum Gasteiger partial charge on any atom is 0.329 e. The number of para-hydroxylation sites is 1. The molecule has 0 fully saturated rings. The molecule has 2 heterocycles. The van der Waals surface area contributed by atoms with Crippen LogP contribution in [0.2, 0.25) is 0 Å². The molecule has 0 saturated carbocycles. The highest BCUT2D eigenvalue weighted by atomic mass is 16.2. The zero-order chi connectivity index (χ0) is 20.5. The SMILES string of the molecule is Cc1cc(C)c(/C=C2\C(=O)N(C(=O)NCCCC(C)(C)C)c3ccccc32)[nH]1. The number of urea groups is 1. The van der Waals surface area contributed by atoms with E-state index in [9.17, 15) is 9.59 Å². The predicted octanol–water partition coefficient (Wildman–Crippen LogP) is 5.05. The summed E-state index contributed by atoms with van der Waals surface area (Å²) in [7, 11) is 0. The van der Waals surface area contributed by atoms with Crippen molar-refractivity contribution >= 4 is 29.3 Å². The molecule has 1 aromatic carbocycles. The fourth-order valence-corrected chi connectivity index (χ4v) is 3.52. The standard InChI is InChI=1S/C23H29N3O2/c1-15-13-16(2)25-19(15)14-18-17-9-6-7-10-20(17)26(21(18)27)22(28)24-12-8-11-23(3,4)5/h6-7,9-10,13-14,25H,8,11-12H2,1-5H3,(H,24,28)/b18-14-. The molecular formula is C23H29N3O2. The highest BCUT2D eigenvalue weighted by Gasteiger charge is 2.36. The lowest BCUT2D eigenvalue weighted by molar-refractivity contribution is -0.112. The molecule has 5 heteroatoms. The van der Waals surface area contributed by atoms with Gasteiger partial charge in [0.2, 0.25) is 0 Å². The van der Waals surface area contributed by atoms with Gasteiger partial charge in [0.25, 0.3) is 5.91 Å². The van der Waals surface area contributed by atoms with Crippen molar-refractivity contribution in [1.82, 2.24) is 10.3 Å². The van der Waals surface area contributed by atoms with Gasteiger partial charge in [0.15, 0.2) is 0 Å². The molecule has 1 aromatic heterocycles. The second kappa shape index (κ2) is 7.66. The Morgan fingerprint density at radius 1 is 1.21 bits per heavy atom. The third-order valence-corrected chi connectivity index (χ3v) is 4.93. The summed E-state index contributed by atoms with van der Waals surface area (Å²) in [5.74, 6) is -0.291. The second-order valence-corrected chi connectivity index (χ2v) is 8.66. The Morgan fingerprint density at radius 3 is 2.57 bits per heavy atom. The summed E-state index contributed by atoms with van der Waals surface area (Å²) in [6.07, 6.45) is 3.73. The van der Waals surface area contributed by atoms with Gasteiger partial charge in [-0.3, -0.25) is 4.79 Å². The smallest absolute Gasteiger partial charge is 0.329 e. The summed E-state index contributed by atoms with van der Waals surface area (Å²) in [5.41, 5.74) is 5.17. The van der Waals surface area contributed by atoms with Gasteiger partial charge < -0.3 is 10.3 Å². The van der Waals surface area contributed by atoms with Crippen LogP contribution in [0.15, 0.2) is 30.3 Å². The van der Waals surface area contributed by atoms with Crippen LogP contribution in [0.3, 0.4) is 0 Å². The molecule has 2 aromatic rings. The Morgan fingerprint density at radius 2 is 1.93 bits per heavy atom. The van der Waals surface area contributed by atoms with Crippen molar-refractivity contribution in [3.05, 3.63) is 52.8 Å².